The summed E-state index contributed by atoms with van der Waals surface area (Å²) < 4.78 is 6.69. The van der Waals surface area contributed by atoms with Crippen molar-refractivity contribution >= 4 is 54.3 Å². The lowest BCUT2D eigenvalue weighted by Crippen LogP contribution is -2.16. The highest BCUT2D eigenvalue weighted by Gasteiger charge is 2.41. The van der Waals surface area contributed by atoms with Crippen molar-refractivity contribution in [2.45, 2.75) is 38.5 Å². The van der Waals surface area contributed by atoms with Gasteiger partial charge in [0.1, 0.15) is 11.2 Å². The summed E-state index contributed by atoms with van der Waals surface area (Å²) in [5.74, 6) is 0. The Kier molecular flexibility index (Phi) is 6.91. The molecule has 1 heteroatoms. The normalized spacial score (nSPS) is 14.5. The maximum absolute atomic E-state index is 6.69. The molecule has 0 amide bonds. The molecule has 2 aliphatic rings. The zero-order valence-corrected chi connectivity index (χ0v) is 34.7. The van der Waals surface area contributed by atoms with Gasteiger partial charge in [-0.3, -0.25) is 0 Å². The molecule has 1 heterocycles. The van der Waals surface area contributed by atoms with Crippen molar-refractivity contribution < 1.29 is 4.42 Å². The zero-order chi connectivity index (χ0) is 40.8. The first kappa shape index (κ1) is 34.6. The molecule has 0 atom stereocenters. The molecule has 0 saturated heterocycles. The third-order valence-electron chi connectivity index (χ3n) is 14.4. The van der Waals surface area contributed by atoms with Gasteiger partial charge in [-0.2, -0.15) is 0 Å². The second kappa shape index (κ2) is 12.2. The molecule has 0 unspecified atom stereocenters. The summed E-state index contributed by atoms with van der Waals surface area (Å²) in [6.45, 7) is 9.61. The Balaban J connectivity index is 0.975. The van der Waals surface area contributed by atoms with Crippen molar-refractivity contribution in [3.63, 3.8) is 0 Å². The third kappa shape index (κ3) is 4.61. The number of rotatable bonds is 3. The summed E-state index contributed by atoms with van der Waals surface area (Å²) in [6, 6.07) is 67.8. The molecule has 13 rings (SSSR count). The van der Waals surface area contributed by atoms with E-state index in [1.807, 2.05) is 0 Å². The minimum atomic E-state index is -0.206. The van der Waals surface area contributed by atoms with Crippen LogP contribution in [0.25, 0.3) is 110 Å². The molecule has 0 aliphatic heterocycles. The van der Waals surface area contributed by atoms with E-state index < -0.39 is 0 Å². The Hall–Kier alpha value is -7.22. The maximum Gasteiger partial charge on any atom is 0.143 e. The zero-order valence-electron chi connectivity index (χ0n) is 34.7. The van der Waals surface area contributed by atoms with Gasteiger partial charge >= 0.3 is 0 Å². The minimum Gasteiger partial charge on any atom is -0.455 e. The number of furan rings is 1. The molecule has 0 fully saturated rings. The molecule has 10 aromatic carbocycles. The molecular weight excluding hydrogens is 737 g/mol. The lowest BCUT2D eigenvalue weighted by molar-refractivity contribution is 0.658. The van der Waals surface area contributed by atoms with Crippen LogP contribution >= 0.6 is 0 Å². The van der Waals surface area contributed by atoms with Crippen molar-refractivity contribution in [3.05, 3.63) is 204 Å². The summed E-state index contributed by atoms with van der Waals surface area (Å²) in [6.07, 6.45) is 0. The Morgan fingerprint density at radius 3 is 1.70 bits per heavy atom. The molecule has 288 valence electrons. The van der Waals surface area contributed by atoms with Crippen LogP contribution in [-0.2, 0) is 10.8 Å². The summed E-state index contributed by atoms with van der Waals surface area (Å²) in [5.41, 5.74) is 20.0. The highest BCUT2D eigenvalue weighted by molar-refractivity contribution is 6.22. The first-order chi connectivity index (χ1) is 29.8. The van der Waals surface area contributed by atoms with Crippen LogP contribution in [0.5, 0.6) is 0 Å². The highest BCUT2D eigenvalue weighted by Crippen LogP contribution is 2.57. The van der Waals surface area contributed by atoms with Crippen LogP contribution in [0.2, 0.25) is 0 Å². The molecule has 0 spiro atoms. The van der Waals surface area contributed by atoms with Crippen LogP contribution in [0.15, 0.2) is 186 Å². The maximum atomic E-state index is 6.69. The Labute approximate surface area is 355 Å². The molecular formula is C60H42O. The predicted octanol–water partition coefficient (Wildman–Crippen LogP) is 16.7. The lowest BCUT2D eigenvalue weighted by Gasteiger charge is -2.25. The number of benzene rings is 10. The largest absolute Gasteiger partial charge is 0.455 e. The van der Waals surface area contributed by atoms with E-state index in [0.29, 0.717) is 0 Å². The van der Waals surface area contributed by atoms with Gasteiger partial charge in [0.25, 0.3) is 0 Å². The lowest BCUT2D eigenvalue weighted by atomic mass is 9.78. The highest BCUT2D eigenvalue weighted by atomic mass is 16.3. The monoisotopic (exact) mass is 778 g/mol. The van der Waals surface area contributed by atoms with Crippen LogP contribution in [0.3, 0.4) is 0 Å². The summed E-state index contributed by atoms with van der Waals surface area (Å²) in [7, 11) is 0. The van der Waals surface area contributed by atoms with Crippen LogP contribution in [-0.4, -0.2) is 0 Å². The molecule has 2 aliphatic carbocycles. The van der Waals surface area contributed by atoms with Crippen molar-refractivity contribution in [2.24, 2.45) is 0 Å². The van der Waals surface area contributed by atoms with Gasteiger partial charge in [-0.1, -0.05) is 185 Å². The SMILES string of the molecule is CC1(C)c2ccc(-c3cccc4c3C(C)(C)c3ccc5oc6c7ccccc7ccc6c5c3-4)cc2-c2ccc(-c3c4ccccc4c(-c4ccccc4)c4ccccc34)cc21. The topological polar surface area (TPSA) is 13.1 Å². The predicted molar refractivity (Wildman–Crippen MR) is 258 cm³/mol. The fourth-order valence-electron chi connectivity index (χ4n) is 11.6. The smallest absolute Gasteiger partial charge is 0.143 e. The molecule has 11 aromatic rings. The van der Waals surface area contributed by atoms with Crippen molar-refractivity contribution in [1.29, 1.82) is 0 Å². The van der Waals surface area contributed by atoms with E-state index in [-0.39, 0.29) is 10.8 Å². The quantitative estimate of drug-likeness (QED) is 0.163. The van der Waals surface area contributed by atoms with Gasteiger partial charge in [0.2, 0.25) is 0 Å². The van der Waals surface area contributed by atoms with Crippen LogP contribution < -0.4 is 0 Å². The number of hydrogen-bond donors (Lipinski definition) is 0. The molecule has 0 bridgehead atoms. The van der Waals surface area contributed by atoms with E-state index in [4.69, 9.17) is 4.42 Å². The fraction of sp³-hybridized carbons (Fsp3) is 0.100. The van der Waals surface area contributed by atoms with Crippen molar-refractivity contribution in [2.75, 3.05) is 0 Å². The second-order valence-electron chi connectivity index (χ2n) is 18.3. The first-order valence-corrected chi connectivity index (χ1v) is 21.6. The number of hydrogen-bond acceptors (Lipinski definition) is 1. The first-order valence-electron chi connectivity index (χ1n) is 21.6. The standard InChI is InChI=1S/C60H42O/c1-59(2)49-30-27-37(39-23-14-24-46-55-50(60(3,4)57(39)46)31-32-52-56(55)47-29-25-35-15-8-9-18-40(35)58(47)61-52)33-48(49)41-28-26-38(34-51(41)59)54-44-21-12-10-19-42(44)53(36-16-6-5-7-17-36)43-20-11-13-22-45(43)54/h5-34H,1-4H3. The van der Waals surface area contributed by atoms with Crippen LogP contribution in [0.4, 0.5) is 0 Å². The second-order valence-corrected chi connectivity index (χ2v) is 18.3. The van der Waals surface area contributed by atoms with Crippen LogP contribution in [0, 0.1) is 0 Å². The van der Waals surface area contributed by atoms with Gasteiger partial charge in [-0.25, -0.2) is 0 Å². The molecule has 61 heavy (non-hydrogen) atoms. The fourth-order valence-corrected chi connectivity index (χ4v) is 11.6. The number of fused-ring (bicyclic) bond motifs is 14. The van der Waals surface area contributed by atoms with Gasteiger partial charge in [0.05, 0.1) is 0 Å². The average molecular weight is 779 g/mol. The molecule has 1 nitrogen and oxygen atoms in total. The van der Waals surface area contributed by atoms with Gasteiger partial charge in [0.15, 0.2) is 0 Å². The Bertz CT molecular complexity index is 3630. The Morgan fingerprint density at radius 1 is 0.344 bits per heavy atom. The van der Waals surface area contributed by atoms with Gasteiger partial charge in [-0.15, -0.1) is 0 Å². The summed E-state index contributed by atoms with van der Waals surface area (Å²) >= 11 is 0. The molecule has 0 saturated carbocycles. The van der Waals surface area contributed by atoms with E-state index in [1.165, 1.54) is 116 Å². The van der Waals surface area contributed by atoms with E-state index in [0.717, 1.165) is 16.6 Å². The van der Waals surface area contributed by atoms with Gasteiger partial charge in [0, 0.05) is 27.0 Å². The van der Waals surface area contributed by atoms with Crippen molar-refractivity contribution in [3.8, 4) is 55.6 Å². The molecule has 0 radical (unpaired) electrons. The third-order valence-corrected chi connectivity index (χ3v) is 14.4. The van der Waals surface area contributed by atoms with E-state index in [2.05, 4.69) is 210 Å². The average Bonchev–Trinajstić information content (AvgIpc) is 3.88. The molecule has 0 N–H and O–H groups in total. The summed E-state index contributed by atoms with van der Waals surface area (Å²) in [4.78, 5) is 0. The van der Waals surface area contributed by atoms with Gasteiger partial charge in [-0.05, 0) is 129 Å². The Morgan fingerprint density at radius 2 is 0.967 bits per heavy atom. The minimum absolute atomic E-state index is 0.166. The summed E-state index contributed by atoms with van der Waals surface area (Å²) in [5, 5.41) is 9.90. The van der Waals surface area contributed by atoms with E-state index in [9.17, 15) is 0 Å². The van der Waals surface area contributed by atoms with Gasteiger partial charge < -0.3 is 4.42 Å². The molecule has 1 aromatic heterocycles. The van der Waals surface area contributed by atoms with E-state index in [1.54, 1.807) is 0 Å². The van der Waals surface area contributed by atoms with E-state index >= 15 is 0 Å². The van der Waals surface area contributed by atoms with Crippen LogP contribution in [0.1, 0.15) is 49.9 Å². The van der Waals surface area contributed by atoms with Crippen molar-refractivity contribution in [1.82, 2.24) is 0 Å².